The number of carbonyl (C=O) groups excluding carboxylic acids is 1. The Balaban J connectivity index is 1.80. The fourth-order valence-electron chi connectivity index (χ4n) is 2.80. The number of carboxylic acid groups (broad SMARTS) is 1. The molecule has 0 radical (unpaired) electrons. The van der Waals surface area contributed by atoms with Crippen LogP contribution < -0.4 is 15.4 Å². The van der Waals surface area contributed by atoms with Crippen LogP contribution in [0.15, 0.2) is 24.3 Å². The van der Waals surface area contributed by atoms with Gasteiger partial charge in [0.1, 0.15) is 5.75 Å². The van der Waals surface area contributed by atoms with E-state index in [0.717, 1.165) is 12.1 Å². The lowest BCUT2D eigenvalue weighted by Crippen LogP contribution is -2.55. The number of likely N-dealkylation sites (N-methyl/N-ethyl adjacent to an activating group) is 1. The molecule has 1 fully saturated rings. The molecule has 7 nitrogen and oxygen atoms in total. The van der Waals surface area contributed by atoms with E-state index in [0.29, 0.717) is 19.4 Å². The Kier molecular flexibility index (Phi) is 6.30. The van der Waals surface area contributed by atoms with Gasteiger partial charge in [0.05, 0.1) is 6.54 Å². The van der Waals surface area contributed by atoms with Gasteiger partial charge >= 0.3 is 18.4 Å². The number of benzene rings is 1. The van der Waals surface area contributed by atoms with E-state index in [9.17, 15) is 22.8 Å². The summed E-state index contributed by atoms with van der Waals surface area (Å²) in [5, 5.41) is 14.0. The molecule has 0 bridgehead atoms. The van der Waals surface area contributed by atoms with Gasteiger partial charge in [-0.05, 0) is 31.5 Å². The molecule has 3 N–H and O–H groups in total. The van der Waals surface area contributed by atoms with E-state index in [4.69, 9.17) is 5.11 Å². The van der Waals surface area contributed by atoms with Crippen LogP contribution in [0.2, 0.25) is 0 Å². The molecule has 1 aromatic carbocycles. The second kappa shape index (κ2) is 8.26. The van der Waals surface area contributed by atoms with E-state index in [2.05, 4.69) is 15.4 Å². The number of alkyl halides is 3. The van der Waals surface area contributed by atoms with Crippen molar-refractivity contribution in [3.05, 3.63) is 24.3 Å². The Morgan fingerprint density at radius 3 is 2.62 bits per heavy atom. The number of carbonyl (C=O) groups is 2. The summed E-state index contributed by atoms with van der Waals surface area (Å²) in [5.41, 5.74) is 0.168. The number of halogens is 3. The lowest BCUT2D eigenvalue weighted by atomic mass is 9.85. The van der Waals surface area contributed by atoms with Gasteiger partial charge in [0.2, 0.25) is 0 Å². The van der Waals surface area contributed by atoms with Gasteiger partial charge in [0.25, 0.3) is 0 Å². The Morgan fingerprint density at radius 2 is 2.04 bits per heavy atom. The molecule has 1 aliphatic rings. The Labute approximate surface area is 148 Å². The Morgan fingerprint density at radius 1 is 1.35 bits per heavy atom. The monoisotopic (exact) mass is 375 g/mol. The summed E-state index contributed by atoms with van der Waals surface area (Å²) in [6, 6.07) is 4.41. The number of nitrogens with zero attached hydrogens (tertiary/aromatic N) is 1. The van der Waals surface area contributed by atoms with Crippen LogP contribution >= 0.6 is 0 Å². The van der Waals surface area contributed by atoms with E-state index >= 15 is 0 Å². The van der Waals surface area contributed by atoms with Gasteiger partial charge in [-0.15, -0.1) is 13.2 Å². The van der Waals surface area contributed by atoms with Crippen molar-refractivity contribution in [1.82, 2.24) is 10.2 Å². The maximum atomic E-state index is 12.2. The lowest BCUT2D eigenvalue weighted by Gasteiger charge is -2.42. The first kappa shape index (κ1) is 19.8. The number of amides is 2. The molecule has 0 heterocycles. The third-order valence-corrected chi connectivity index (χ3v) is 4.03. The van der Waals surface area contributed by atoms with Crippen molar-refractivity contribution in [2.45, 2.75) is 38.2 Å². The first-order valence-corrected chi connectivity index (χ1v) is 8.05. The number of urea groups is 1. The predicted molar refractivity (Wildman–Crippen MR) is 87.0 cm³/mol. The molecule has 144 valence electrons. The number of rotatable bonds is 7. The normalized spacial score (nSPS) is 19.6. The molecule has 26 heavy (non-hydrogen) atoms. The van der Waals surface area contributed by atoms with Crippen molar-refractivity contribution >= 4 is 17.7 Å². The topological polar surface area (TPSA) is 90.9 Å². The number of anilines is 1. The molecule has 0 atom stereocenters. The molecule has 1 aromatic rings. The van der Waals surface area contributed by atoms with E-state index in [1.165, 1.54) is 12.1 Å². The van der Waals surface area contributed by atoms with Crippen molar-refractivity contribution in [1.29, 1.82) is 0 Å². The second-order valence-corrected chi connectivity index (χ2v) is 5.95. The fraction of sp³-hybridized carbons (Fsp3) is 0.500. The number of carboxylic acids is 1. The molecule has 1 aliphatic carbocycles. The van der Waals surface area contributed by atoms with Crippen LogP contribution in [0.25, 0.3) is 0 Å². The van der Waals surface area contributed by atoms with E-state index in [1.54, 1.807) is 0 Å². The molecule has 0 spiro atoms. The predicted octanol–water partition coefficient (Wildman–Crippen LogP) is 2.64. The van der Waals surface area contributed by atoms with Crippen LogP contribution in [-0.2, 0) is 4.79 Å². The van der Waals surface area contributed by atoms with Crippen LogP contribution in [0.4, 0.5) is 23.7 Å². The number of hydrogen-bond acceptors (Lipinski definition) is 4. The van der Waals surface area contributed by atoms with Crippen molar-refractivity contribution < 1.29 is 32.6 Å². The Bertz CT molecular complexity index is 648. The molecule has 0 aromatic heterocycles. The standard InChI is InChI=1S/C16H20F3N3O4/c1-2-22(9-14(23)24)12-6-11(7-12)21-15(25)20-10-4-3-5-13(8-10)26-16(17,18)19/h3-5,8,11-12H,2,6-7,9H2,1H3,(H,23,24)(H2,20,21,25). The highest BCUT2D eigenvalue weighted by molar-refractivity contribution is 5.89. The summed E-state index contributed by atoms with van der Waals surface area (Å²) in [5.74, 6) is -1.33. The van der Waals surface area contributed by atoms with Crippen molar-refractivity contribution in [2.75, 3.05) is 18.4 Å². The zero-order chi connectivity index (χ0) is 19.3. The maximum Gasteiger partial charge on any atom is 0.573 e. The molecule has 1 saturated carbocycles. The number of hydrogen-bond donors (Lipinski definition) is 3. The van der Waals surface area contributed by atoms with Crippen LogP contribution in [0.3, 0.4) is 0 Å². The molecule has 10 heteroatoms. The maximum absolute atomic E-state index is 12.2. The molecule has 2 rings (SSSR count). The van der Waals surface area contributed by atoms with E-state index < -0.39 is 24.1 Å². The molecule has 0 unspecified atom stereocenters. The first-order chi connectivity index (χ1) is 12.2. The Hall–Kier alpha value is -2.49. The van der Waals surface area contributed by atoms with Crippen LogP contribution in [-0.4, -0.2) is 53.5 Å². The summed E-state index contributed by atoms with van der Waals surface area (Å²) in [4.78, 5) is 24.5. The van der Waals surface area contributed by atoms with E-state index in [-0.39, 0.29) is 24.3 Å². The van der Waals surface area contributed by atoms with Crippen LogP contribution in [0, 0.1) is 0 Å². The highest BCUT2D eigenvalue weighted by Gasteiger charge is 2.34. The van der Waals surface area contributed by atoms with Gasteiger partial charge in [-0.25, -0.2) is 4.79 Å². The van der Waals surface area contributed by atoms with Crippen LogP contribution in [0.1, 0.15) is 19.8 Å². The van der Waals surface area contributed by atoms with Gasteiger partial charge < -0.3 is 20.5 Å². The van der Waals surface area contributed by atoms with Crippen molar-refractivity contribution in [3.8, 4) is 5.75 Å². The lowest BCUT2D eigenvalue weighted by molar-refractivity contribution is -0.274. The minimum Gasteiger partial charge on any atom is -0.480 e. The molecule has 2 amide bonds. The quantitative estimate of drug-likeness (QED) is 0.682. The third-order valence-electron chi connectivity index (χ3n) is 4.03. The number of ether oxygens (including phenoxy) is 1. The largest absolute Gasteiger partial charge is 0.573 e. The van der Waals surface area contributed by atoms with Crippen LogP contribution in [0.5, 0.6) is 5.75 Å². The summed E-state index contributed by atoms with van der Waals surface area (Å²) in [6.07, 6.45) is -3.57. The zero-order valence-corrected chi connectivity index (χ0v) is 14.0. The SMILES string of the molecule is CCN(CC(=O)O)C1CC(NC(=O)Nc2cccc(OC(F)(F)F)c2)C1. The fourth-order valence-corrected chi connectivity index (χ4v) is 2.80. The van der Waals surface area contributed by atoms with Gasteiger partial charge in [0, 0.05) is 23.8 Å². The summed E-state index contributed by atoms with van der Waals surface area (Å²) >= 11 is 0. The van der Waals surface area contributed by atoms with Gasteiger partial charge in [-0.3, -0.25) is 9.69 Å². The number of nitrogens with one attached hydrogen (secondary N) is 2. The van der Waals surface area contributed by atoms with Gasteiger partial charge in [0.15, 0.2) is 0 Å². The summed E-state index contributed by atoms with van der Waals surface area (Å²) in [7, 11) is 0. The minimum atomic E-state index is -4.80. The molecular weight excluding hydrogens is 355 g/mol. The third kappa shape index (κ3) is 6.10. The van der Waals surface area contributed by atoms with E-state index in [1.807, 2.05) is 11.8 Å². The average Bonchev–Trinajstić information content (AvgIpc) is 2.47. The summed E-state index contributed by atoms with van der Waals surface area (Å²) in [6.45, 7) is 2.42. The number of aliphatic carboxylic acids is 1. The molecule has 0 saturated heterocycles. The smallest absolute Gasteiger partial charge is 0.480 e. The minimum absolute atomic E-state index is 0.0495. The second-order valence-electron chi connectivity index (χ2n) is 5.95. The highest BCUT2D eigenvalue weighted by Crippen LogP contribution is 2.27. The molecule has 0 aliphatic heterocycles. The van der Waals surface area contributed by atoms with Crippen molar-refractivity contribution in [3.63, 3.8) is 0 Å². The summed E-state index contributed by atoms with van der Waals surface area (Å²) < 4.78 is 40.4. The molecular formula is C16H20F3N3O4. The highest BCUT2D eigenvalue weighted by atomic mass is 19.4. The van der Waals surface area contributed by atoms with Gasteiger partial charge in [-0.1, -0.05) is 13.0 Å². The average molecular weight is 375 g/mol. The zero-order valence-electron chi connectivity index (χ0n) is 14.0. The van der Waals surface area contributed by atoms with Gasteiger partial charge in [-0.2, -0.15) is 0 Å². The van der Waals surface area contributed by atoms with Crippen molar-refractivity contribution in [2.24, 2.45) is 0 Å². The first-order valence-electron chi connectivity index (χ1n) is 8.05.